The van der Waals surface area contributed by atoms with Crippen LogP contribution in [-0.4, -0.2) is 15.3 Å². The summed E-state index contributed by atoms with van der Waals surface area (Å²) in [5, 5.41) is 20.7. The van der Waals surface area contributed by atoms with Crippen LogP contribution in [0.1, 0.15) is 144 Å². The Morgan fingerprint density at radius 1 is 0.451 bits per heavy atom. The highest BCUT2D eigenvalue weighted by molar-refractivity contribution is 6.27. The average molecular weight is 1060 g/mol. The van der Waals surface area contributed by atoms with E-state index in [1.54, 1.807) is 0 Å². The molecule has 0 bridgehead atoms. The third-order valence-corrected chi connectivity index (χ3v) is 21.6. The van der Waals surface area contributed by atoms with Gasteiger partial charge in [-0.1, -0.05) is 193 Å². The molecule has 6 aliphatic rings. The molecule has 0 saturated heterocycles. The maximum atomic E-state index is 16.6. The Morgan fingerprint density at radius 2 is 1.01 bits per heavy atom. The summed E-state index contributed by atoms with van der Waals surface area (Å²) >= 11 is 0. The van der Waals surface area contributed by atoms with E-state index in [2.05, 4.69) is 246 Å². The zero-order valence-electron chi connectivity index (χ0n) is 46.9. The first-order valence-corrected chi connectivity index (χ1v) is 29.7. The van der Waals surface area contributed by atoms with E-state index in [0.29, 0.717) is 0 Å². The zero-order valence-corrected chi connectivity index (χ0v) is 46.9. The van der Waals surface area contributed by atoms with Crippen LogP contribution >= 0.6 is 0 Å². The van der Waals surface area contributed by atoms with Gasteiger partial charge in [0.1, 0.15) is 11.2 Å². The highest BCUT2D eigenvalue weighted by atomic mass is 16.3. The predicted molar refractivity (Wildman–Crippen MR) is 331 cm³/mol. The van der Waals surface area contributed by atoms with Gasteiger partial charge < -0.3 is 13.9 Å². The summed E-state index contributed by atoms with van der Waals surface area (Å²) in [4.78, 5) is 16.6. The first-order chi connectivity index (χ1) is 39.7. The first-order valence-electron chi connectivity index (χ1n) is 29.7. The van der Waals surface area contributed by atoms with Crippen molar-refractivity contribution in [2.24, 2.45) is 10.8 Å². The number of nitrogens with zero attached hydrogens (tertiary/aromatic N) is 1. The monoisotopic (exact) mass is 1060 g/mol. The minimum Gasteiger partial charge on any atom is -0.455 e. The second-order valence-corrected chi connectivity index (χ2v) is 27.9. The average Bonchev–Trinajstić information content (AvgIpc) is 0.707. The van der Waals surface area contributed by atoms with Crippen LogP contribution in [0.2, 0.25) is 0 Å². The Morgan fingerprint density at radius 3 is 1.71 bits per heavy atom. The molecule has 3 heterocycles. The molecule has 4 heteroatoms. The van der Waals surface area contributed by atoms with Crippen LogP contribution < -0.4 is 0 Å². The molecule has 0 amide bonds. The van der Waals surface area contributed by atoms with E-state index in [4.69, 9.17) is 4.42 Å². The summed E-state index contributed by atoms with van der Waals surface area (Å²) in [6.45, 7) is 14.0. The van der Waals surface area contributed by atoms with Gasteiger partial charge in [-0.15, -0.1) is 0 Å². The van der Waals surface area contributed by atoms with Gasteiger partial charge in [0, 0.05) is 71.5 Å². The SMILES string of the molecule is CC(C)(C)CC12C(=O)c3cc4c(cc3C3c5ccccc5C31c1ccccc12)c1cc(-c2ccc3c(oc5ccccc53)c2-c2ccccc2)cc2c3cc5c(cc3n4c12)C(O)C1(CC(C)(C)C)c2ccccc2C12c1ccccc1C52. The maximum Gasteiger partial charge on any atom is 0.175 e. The quantitative estimate of drug-likeness (QED) is 0.191. The fourth-order valence-corrected chi connectivity index (χ4v) is 19.5. The van der Waals surface area contributed by atoms with Crippen molar-refractivity contribution in [1.29, 1.82) is 0 Å². The first kappa shape index (κ1) is 46.1. The third kappa shape index (κ3) is 4.88. The fraction of sp³-hybridized carbons (Fsp3) is 0.218. The zero-order chi connectivity index (χ0) is 54.9. The third-order valence-electron chi connectivity index (χ3n) is 21.6. The molecular weight excluding hydrogens is 999 g/mol. The summed E-state index contributed by atoms with van der Waals surface area (Å²) in [7, 11) is 0. The van der Waals surface area contributed by atoms with Crippen LogP contribution in [0.25, 0.3) is 82.3 Å². The molecule has 4 nitrogen and oxygen atoms in total. The van der Waals surface area contributed by atoms with Crippen molar-refractivity contribution in [3.63, 3.8) is 0 Å². The molecule has 19 rings (SSSR count). The number of hydrogen-bond donors (Lipinski definition) is 1. The molecule has 394 valence electrons. The van der Waals surface area contributed by atoms with Gasteiger partial charge in [-0.2, -0.15) is 0 Å². The van der Waals surface area contributed by atoms with E-state index in [1.807, 2.05) is 0 Å². The molecule has 3 aromatic heterocycles. The minimum absolute atomic E-state index is 0.00616. The Bertz CT molecular complexity index is 5100. The highest BCUT2D eigenvalue weighted by Crippen LogP contribution is 2.81. The summed E-state index contributed by atoms with van der Waals surface area (Å²) < 4.78 is 9.43. The molecule has 13 aromatic rings. The van der Waals surface area contributed by atoms with Crippen LogP contribution in [0.3, 0.4) is 0 Å². The van der Waals surface area contributed by atoms with Crippen molar-refractivity contribution in [2.75, 3.05) is 0 Å². The molecule has 1 N–H and O–H groups in total. The van der Waals surface area contributed by atoms with Crippen molar-refractivity contribution in [2.45, 2.75) is 94.0 Å². The van der Waals surface area contributed by atoms with Crippen molar-refractivity contribution >= 4 is 65.8 Å². The second-order valence-electron chi connectivity index (χ2n) is 27.9. The molecule has 0 saturated carbocycles. The molecule has 10 aromatic carbocycles. The van der Waals surface area contributed by atoms with Gasteiger partial charge in [0.25, 0.3) is 0 Å². The van der Waals surface area contributed by atoms with Crippen LogP contribution in [0, 0.1) is 10.8 Å². The van der Waals surface area contributed by atoms with Crippen LogP contribution in [0.4, 0.5) is 0 Å². The number of Topliss-reactive ketones (excluding diaryl/α,β-unsaturated/α-hetero) is 1. The van der Waals surface area contributed by atoms with Crippen molar-refractivity contribution in [1.82, 2.24) is 4.40 Å². The molecule has 7 atom stereocenters. The number of para-hydroxylation sites is 1. The van der Waals surface area contributed by atoms with E-state index in [-0.39, 0.29) is 33.9 Å². The number of carbonyl (C=O) groups is 1. The Kier molecular flexibility index (Phi) is 8.17. The second kappa shape index (κ2) is 14.5. The van der Waals surface area contributed by atoms with E-state index in [9.17, 15) is 5.11 Å². The lowest BCUT2D eigenvalue weighted by molar-refractivity contribution is -0.0461. The maximum absolute atomic E-state index is 16.6. The van der Waals surface area contributed by atoms with E-state index in [0.717, 1.165) is 112 Å². The normalized spacial score (nSPS) is 25.0. The van der Waals surface area contributed by atoms with Gasteiger partial charge in [0.2, 0.25) is 0 Å². The molecule has 7 unspecified atom stereocenters. The summed E-state index contributed by atoms with van der Waals surface area (Å²) in [5.41, 5.74) is 21.7. The van der Waals surface area contributed by atoms with E-state index in [1.165, 1.54) is 50.1 Å². The number of aromatic nitrogens is 1. The van der Waals surface area contributed by atoms with Crippen LogP contribution in [0.5, 0.6) is 0 Å². The molecule has 82 heavy (non-hydrogen) atoms. The minimum atomic E-state index is -0.774. The number of carbonyl (C=O) groups excluding carboxylic acids is 1. The number of hydrogen-bond acceptors (Lipinski definition) is 3. The van der Waals surface area contributed by atoms with Gasteiger partial charge in [-0.25, -0.2) is 0 Å². The number of benzene rings is 10. The molecule has 6 aliphatic carbocycles. The number of aliphatic hydroxyl groups excluding tert-OH is 1. The smallest absolute Gasteiger partial charge is 0.175 e. The summed E-state index contributed by atoms with van der Waals surface area (Å²) in [6, 6.07) is 74.2. The lowest BCUT2D eigenvalue weighted by Gasteiger charge is -2.74. The number of furan rings is 1. The van der Waals surface area contributed by atoms with Gasteiger partial charge in [0.15, 0.2) is 5.78 Å². The largest absolute Gasteiger partial charge is 0.455 e. The number of aliphatic hydroxyl groups is 1. The van der Waals surface area contributed by atoms with Crippen molar-refractivity contribution < 1.29 is 14.3 Å². The molecule has 2 spiro atoms. The number of ketones is 1. The van der Waals surface area contributed by atoms with Gasteiger partial charge in [-0.05, 0) is 150 Å². The fourth-order valence-electron chi connectivity index (χ4n) is 19.5. The van der Waals surface area contributed by atoms with E-state index >= 15 is 4.79 Å². The Hall–Kier alpha value is -8.57. The number of rotatable bonds is 4. The highest BCUT2D eigenvalue weighted by Gasteiger charge is 2.79. The summed E-state index contributed by atoms with van der Waals surface area (Å²) in [5.74, 6) is 0.299. The topological polar surface area (TPSA) is 54.9 Å². The lowest BCUT2D eigenvalue weighted by atomic mass is 9.28. The standard InChI is InChI=1S/C78H59NO3/c1-73(2,3)40-75-59-27-15-17-29-61(59)77(75)57-25-13-10-23-47(57)67(77)51-36-49-53-34-43(44-32-33-46-45-22-12-19-31-65(45)82-70(46)66(44)42-20-8-7-9-21-42)35-54-50-37-52-56(39-64(50)79(69(53)54)63(49)38-55(51)71(75)80)72(81)76(41-74(4,5)6)60-28-16-18-30-62(60)78(76)58-26-14-11-24-48(58)68(52)78/h7-39,67-68,71,80H,40-41H2,1-6H3. The Balaban J connectivity index is 0.949. The molecule has 0 fully saturated rings. The summed E-state index contributed by atoms with van der Waals surface area (Å²) in [6.07, 6.45) is 0.800. The Labute approximate surface area is 476 Å². The predicted octanol–water partition coefficient (Wildman–Crippen LogP) is 18.6. The molecule has 0 aliphatic heterocycles. The van der Waals surface area contributed by atoms with E-state index < -0.39 is 22.3 Å². The lowest BCUT2D eigenvalue weighted by Crippen LogP contribution is -2.73. The van der Waals surface area contributed by atoms with Gasteiger partial charge >= 0.3 is 0 Å². The van der Waals surface area contributed by atoms with Crippen LogP contribution in [0.15, 0.2) is 205 Å². The van der Waals surface area contributed by atoms with Crippen molar-refractivity contribution in [3.8, 4) is 22.3 Å². The van der Waals surface area contributed by atoms with Gasteiger partial charge in [0.05, 0.1) is 28.1 Å². The molecule has 0 radical (unpaired) electrons. The van der Waals surface area contributed by atoms with Crippen LogP contribution in [-0.2, 0) is 21.7 Å². The van der Waals surface area contributed by atoms with Crippen molar-refractivity contribution in [3.05, 3.63) is 267 Å². The number of fused-ring (bicyclic) bond motifs is 21. The molecular formula is C78H59NO3. The van der Waals surface area contributed by atoms with Gasteiger partial charge in [-0.3, -0.25) is 4.79 Å².